The lowest BCUT2D eigenvalue weighted by molar-refractivity contribution is -0.145. The molecule has 1 fully saturated rings. The first-order valence-corrected chi connectivity index (χ1v) is 11.9. The van der Waals surface area contributed by atoms with Crippen LogP contribution in [0.4, 0.5) is 0 Å². The van der Waals surface area contributed by atoms with Crippen LogP contribution < -0.4 is 4.74 Å². The van der Waals surface area contributed by atoms with Crippen LogP contribution in [-0.4, -0.2) is 38.9 Å². The van der Waals surface area contributed by atoms with Crippen molar-refractivity contribution in [3.63, 3.8) is 0 Å². The number of carbonyl (C=O) groups excluding carboxylic acids is 1. The Morgan fingerprint density at radius 2 is 1.80 bits per heavy atom. The summed E-state index contributed by atoms with van der Waals surface area (Å²) in [4.78, 5) is 26.0. The first-order chi connectivity index (χ1) is 14.5. The first-order valence-electron chi connectivity index (χ1n) is 10.7. The summed E-state index contributed by atoms with van der Waals surface area (Å²) >= 11 is 6.43. The lowest BCUT2D eigenvalue weighted by atomic mass is 10.1. The Morgan fingerprint density at radius 1 is 1.13 bits per heavy atom. The van der Waals surface area contributed by atoms with Gasteiger partial charge >= 0.3 is 5.97 Å². The number of nitrogens with zero attached hydrogens (tertiary/aromatic N) is 1. The van der Waals surface area contributed by atoms with Gasteiger partial charge in [-0.1, -0.05) is 88.5 Å². The van der Waals surface area contributed by atoms with E-state index in [0.717, 1.165) is 29.5 Å². The number of carboxylic acid groups (broad SMARTS) is 1. The summed E-state index contributed by atoms with van der Waals surface area (Å²) < 4.78 is 6.09. The number of amides is 1. The topological polar surface area (TPSA) is 66.8 Å². The maximum atomic E-state index is 12.7. The molecule has 0 aromatic heterocycles. The number of thioether (sulfide) groups is 1. The van der Waals surface area contributed by atoms with E-state index in [1.807, 2.05) is 31.2 Å². The number of ether oxygens (including phenoxy) is 1. The maximum Gasteiger partial charge on any atom is 0.326 e. The highest BCUT2D eigenvalue weighted by molar-refractivity contribution is 8.26. The Bertz CT molecular complexity index is 761. The van der Waals surface area contributed by atoms with Gasteiger partial charge in [-0.05, 0) is 36.6 Å². The second kappa shape index (κ2) is 12.7. The van der Waals surface area contributed by atoms with Crippen molar-refractivity contribution in [2.75, 3.05) is 6.61 Å². The predicted octanol–water partition coefficient (Wildman–Crippen LogP) is 5.88. The number of thiocarbonyl (C=S) groups is 1. The van der Waals surface area contributed by atoms with Crippen LogP contribution in [0.1, 0.15) is 70.8 Å². The van der Waals surface area contributed by atoms with Crippen LogP contribution in [0, 0.1) is 0 Å². The average molecular weight is 450 g/mol. The molecule has 1 amide bonds. The molecular weight excluding hydrogens is 418 g/mol. The van der Waals surface area contributed by atoms with Crippen LogP contribution in [0.3, 0.4) is 0 Å². The van der Waals surface area contributed by atoms with Crippen molar-refractivity contribution in [2.45, 2.75) is 71.3 Å². The highest BCUT2D eigenvalue weighted by Gasteiger charge is 2.39. The number of benzene rings is 1. The fraction of sp³-hybridized carbons (Fsp3) is 0.522. The van der Waals surface area contributed by atoms with E-state index in [9.17, 15) is 14.7 Å². The summed E-state index contributed by atoms with van der Waals surface area (Å²) in [6.45, 7) is 4.81. The Labute approximate surface area is 188 Å². The van der Waals surface area contributed by atoms with Gasteiger partial charge < -0.3 is 9.84 Å². The lowest BCUT2D eigenvalue weighted by Crippen LogP contribution is -2.43. The van der Waals surface area contributed by atoms with E-state index in [1.54, 1.807) is 6.08 Å². The van der Waals surface area contributed by atoms with E-state index in [-0.39, 0.29) is 5.91 Å². The fourth-order valence-electron chi connectivity index (χ4n) is 3.27. The summed E-state index contributed by atoms with van der Waals surface area (Å²) in [5, 5.41) is 9.45. The molecule has 0 saturated carbocycles. The van der Waals surface area contributed by atoms with Gasteiger partial charge in [-0.15, -0.1) is 0 Å². The molecule has 1 atom stereocenters. The molecule has 2 rings (SSSR count). The van der Waals surface area contributed by atoms with Crippen LogP contribution in [0.15, 0.2) is 29.2 Å². The Kier molecular flexibility index (Phi) is 10.4. The van der Waals surface area contributed by atoms with Crippen molar-refractivity contribution < 1.29 is 19.4 Å². The van der Waals surface area contributed by atoms with Gasteiger partial charge in [0.1, 0.15) is 16.1 Å². The summed E-state index contributed by atoms with van der Waals surface area (Å²) in [5.41, 5.74) is 0.852. The monoisotopic (exact) mass is 449 g/mol. The van der Waals surface area contributed by atoms with Crippen molar-refractivity contribution >= 4 is 46.3 Å². The molecule has 5 nitrogen and oxygen atoms in total. The normalized spacial score (nSPS) is 16.3. The van der Waals surface area contributed by atoms with Gasteiger partial charge in [0, 0.05) is 0 Å². The molecule has 1 aliphatic heterocycles. The van der Waals surface area contributed by atoms with Crippen LogP contribution in [0.2, 0.25) is 0 Å². The van der Waals surface area contributed by atoms with E-state index in [0.29, 0.717) is 28.7 Å². The largest absolute Gasteiger partial charge is 0.494 e. The third kappa shape index (κ3) is 7.13. The average Bonchev–Trinajstić information content (AvgIpc) is 2.99. The number of hydrogen-bond donors (Lipinski definition) is 1. The Hall–Kier alpha value is -1.86. The molecule has 1 aliphatic rings. The smallest absolute Gasteiger partial charge is 0.326 e. The third-order valence-corrected chi connectivity index (χ3v) is 6.26. The molecule has 1 aromatic rings. The summed E-state index contributed by atoms with van der Waals surface area (Å²) in [6, 6.07) is 6.65. The van der Waals surface area contributed by atoms with Gasteiger partial charge in [-0.25, -0.2) is 4.79 Å². The van der Waals surface area contributed by atoms with Crippen LogP contribution >= 0.6 is 24.0 Å². The number of hydrogen-bond acceptors (Lipinski definition) is 5. The van der Waals surface area contributed by atoms with Crippen LogP contribution in [0.5, 0.6) is 5.75 Å². The van der Waals surface area contributed by atoms with Crippen molar-refractivity contribution in [2.24, 2.45) is 0 Å². The van der Waals surface area contributed by atoms with Crippen LogP contribution in [0.25, 0.3) is 6.08 Å². The zero-order valence-electron chi connectivity index (χ0n) is 17.8. The van der Waals surface area contributed by atoms with Gasteiger partial charge in [-0.2, -0.15) is 0 Å². The number of carbonyl (C=O) groups is 2. The molecule has 164 valence electrons. The molecule has 1 saturated heterocycles. The quantitative estimate of drug-likeness (QED) is 0.230. The molecule has 0 bridgehead atoms. The molecule has 0 unspecified atom stereocenters. The van der Waals surface area contributed by atoms with Gasteiger partial charge in [0.25, 0.3) is 5.91 Å². The van der Waals surface area contributed by atoms with Crippen molar-refractivity contribution in [3.05, 3.63) is 34.7 Å². The number of rotatable bonds is 13. The zero-order chi connectivity index (χ0) is 21.9. The second-order valence-electron chi connectivity index (χ2n) is 7.38. The van der Waals surface area contributed by atoms with E-state index in [4.69, 9.17) is 17.0 Å². The predicted molar refractivity (Wildman–Crippen MR) is 127 cm³/mol. The zero-order valence-corrected chi connectivity index (χ0v) is 19.4. The number of carboxylic acids is 1. The molecule has 7 heteroatoms. The lowest BCUT2D eigenvalue weighted by Gasteiger charge is -2.22. The molecule has 1 aromatic carbocycles. The Morgan fingerprint density at radius 3 is 2.43 bits per heavy atom. The fourth-order valence-corrected chi connectivity index (χ4v) is 4.63. The van der Waals surface area contributed by atoms with Crippen LogP contribution in [-0.2, 0) is 9.59 Å². The van der Waals surface area contributed by atoms with Gasteiger partial charge in [-0.3, -0.25) is 9.69 Å². The van der Waals surface area contributed by atoms with E-state index < -0.39 is 12.0 Å². The van der Waals surface area contributed by atoms with Gasteiger partial charge in [0.05, 0.1) is 11.5 Å². The number of aliphatic carboxylic acids is 1. The minimum absolute atomic E-state index is 0.297. The minimum Gasteiger partial charge on any atom is -0.494 e. The summed E-state index contributed by atoms with van der Waals surface area (Å²) in [7, 11) is 0. The molecule has 0 aliphatic carbocycles. The minimum atomic E-state index is -1.03. The van der Waals surface area contributed by atoms with E-state index >= 15 is 0 Å². The van der Waals surface area contributed by atoms with E-state index in [1.165, 1.54) is 37.0 Å². The third-order valence-electron chi connectivity index (χ3n) is 4.93. The molecule has 30 heavy (non-hydrogen) atoms. The molecule has 0 radical (unpaired) electrons. The van der Waals surface area contributed by atoms with E-state index in [2.05, 4.69) is 6.92 Å². The highest BCUT2D eigenvalue weighted by Crippen LogP contribution is 2.35. The van der Waals surface area contributed by atoms with Gasteiger partial charge in [0.2, 0.25) is 0 Å². The highest BCUT2D eigenvalue weighted by atomic mass is 32.2. The van der Waals surface area contributed by atoms with Gasteiger partial charge in [0.15, 0.2) is 0 Å². The SMILES string of the molecule is CCCCCCCCOc1ccc(/C=C2\SC(=S)N([C@H](CCC)C(=O)O)C2=O)cc1. The second-order valence-corrected chi connectivity index (χ2v) is 9.06. The van der Waals surface area contributed by atoms with Crippen molar-refractivity contribution in [3.8, 4) is 5.75 Å². The summed E-state index contributed by atoms with van der Waals surface area (Å²) in [6.07, 6.45) is 10.1. The standard InChI is InChI=1S/C23H31NO4S2/c1-3-5-6-7-8-9-15-28-18-13-11-17(12-14-18)16-20-21(25)24(23(29)30-20)19(10-4-2)22(26)27/h11-14,16,19H,3-10,15H2,1-2H3,(H,26,27)/b20-16-/t19-/m1/s1. The van der Waals surface area contributed by atoms with Crippen molar-refractivity contribution in [1.29, 1.82) is 0 Å². The Balaban J connectivity index is 1.91. The van der Waals surface area contributed by atoms with Crippen molar-refractivity contribution in [1.82, 2.24) is 4.90 Å². The number of unbranched alkanes of at least 4 members (excludes halogenated alkanes) is 5. The maximum absolute atomic E-state index is 12.7. The molecule has 1 heterocycles. The molecule has 1 N–H and O–H groups in total. The first kappa shape index (κ1) is 24.4. The molecular formula is C23H31NO4S2. The molecule has 0 spiro atoms. The summed E-state index contributed by atoms with van der Waals surface area (Å²) in [5.74, 6) is -0.558.